The van der Waals surface area contributed by atoms with Crippen LogP contribution >= 0.6 is 0 Å². The first kappa shape index (κ1) is 21.2. The van der Waals surface area contributed by atoms with E-state index in [1.54, 1.807) is 0 Å². The molecule has 0 fully saturated rings. The Labute approximate surface area is 173 Å². The number of amides is 1. The van der Waals surface area contributed by atoms with Crippen molar-refractivity contribution in [3.05, 3.63) is 65.3 Å². The van der Waals surface area contributed by atoms with Crippen molar-refractivity contribution in [1.29, 1.82) is 0 Å². The molecule has 0 saturated heterocycles. The number of nitrogens with one attached hydrogen (secondary N) is 1. The number of rotatable bonds is 7. The quantitative estimate of drug-likeness (QED) is 0.581. The predicted octanol–water partition coefficient (Wildman–Crippen LogP) is 4.36. The third-order valence-electron chi connectivity index (χ3n) is 4.53. The molecular weight excluding hydrogens is 389 g/mol. The molecule has 0 unspecified atom stereocenters. The molecule has 1 N–H and O–H groups in total. The van der Waals surface area contributed by atoms with E-state index in [1.165, 1.54) is 24.8 Å². The van der Waals surface area contributed by atoms with Crippen molar-refractivity contribution in [3.8, 4) is 11.4 Å². The Bertz CT molecular complexity index is 1040. The summed E-state index contributed by atoms with van der Waals surface area (Å²) in [5.41, 5.74) is 2.07. The van der Waals surface area contributed by atoms with Gasteiger partial charge in [0.1, 0.15) is 5.82 Å². The molecule has 0 radical (unpaired) electrons. The van der Waals surface area contributed by atoms with Crippen molar-refractivity contribution in [2.24, 2.45) is 0 Å². The van der Waals surface area contributed by atoms with E-state index in [0.29, 0.717) is 17.6 Å². The second kappa shape index (κ2) is 9.30. The SMILES string of the molecule is COC(=O)c1ccc(F)c(NC(=O)CCc2nc(-c3ccc(C(C)C)cc3)no2)c1. The van der Waals surface area contributed by atoms with Crippen LogP contribution in [0.25, 0.3) is 11.4 Å². The number of aryl methyl sites for hydroxylation is 1. The van der Waals surface area contributed by atoms with Crippen molar-refractivity contribution in [2.45, 2.75) is 32.6 Å². The smallest absolute Gasteiger partial charge is 0.337 e. The van der Waals surface area contributed by atoms with Gasteiger partial charge < -0.3 is 14.6 Å². The van der Waals surface area contributed by atoms with E-state index in [4.69, 9.17) is 4.52 Å². The molecule has 0 aliphatic rings. The number of benzene rings is 2. The first-order valence-corrected chi connectivity index (χ1v) is 9.48. The monoisotopic (exact) mass is 411 g/mol. The van der Waals surface area contributed by atoms with Gasteiger partial charge in [-0.3, -0.25) is 4.79 Å². The van der Waals surface area contributed by atoms with Crippen LogP contribution in [0.1, 0.15) is 48.0 Å². The van der Waals surface area contributed by atoms with Gasteiger partial charge in [-0.05, 0) is 29.7 Å². The highest BCUT2D eigenvalue weighted by molar-refractivity contribution is 5.94. The number of aromatic nitrogens is 2. The fourth-order valence-electron chi connectivity index (χ4n) is 2.79. The number of carbonyl (C=O) groups excluding carboxylic acids is 2. The number of nitrogens with zero attached hydrogens (tertiary/aromatic N) is 2. The zero-order chi connectivity index (χ0) is 21.7. The van der Waals surface area contributed by atoms with E-state index in [1.807, 2.05) is 24.3 Å². The normalized spacial score (nSPS) is 10.8. The van der Waals surface area contributed by atoms with Gasteiger partial charge in [0.2, 0.25) is 17.6 Å². The minimum atomic E-state index is -0.652. The first-order valence-electron chi connectivity index (χ1n) is 9.48. The number of halogens is 1. The molecular formula is C22H22FN3O4. The van der Waals surface area contributed by atoms with E-state index in [0.717, 1.165) is 11.6 Å². The number of methoxy groups -OCH3 is 1. The second-order valence-electron chi connectivity index (χ2n) is 7.02. The maximum atomic E-state index is 13.9. The molecule has 1 amide bonds. The van der Waals surface area contributed by atoms with Gasteiger partial charge in [0, 0.05) is 18.4 Å². The zero-order valence-electron chi connectivity index (χ0n) is 16.9. The van der Waals surface area contributed by atoms with Gasteiger partial charge in [0.15, 0.2) is 0 Å². The zero-order valence-corrected chi connectivity index (χ0v) is 16.9. The molecule has 0 saturated carbocycles. The summed E-state index contributed by atoms with van der Waals surface area (Å²) in [5.74, 6) is -0.547. The standard InChI is InChI=1S/C22H22FN3O4/c1-13(2)14-4-6-15(7-5-14)21-25-20(30-26-21)11-10-19(27)24-18-12-16(22(28)29-3)8-9-17(18)23/h4-9,12-13H,10-11H2,1-3H3,(H,24,27). The molecule has 30 heavy (non-hydrogen) atoms. The van der Waals surface area contributed by atoms with Crippen LogP contribution in [0.5, 0.6) is 0 Å². The van der Waals surface area contributed by atoms with Crippen molar-refractivity contribution in [1.82, 2.24) is 10.1 Å². The van der Waals surface area contributed by atoms with Gasteiger partial charge in [0.05, 0.1) is 18.4 Å². The Kier molecular flexibility index (Phi) is 6.56. The highest BCUT2D eigenvalue weighted by Gasteiger charge is 2.14. The molecule has 0 atom stereocenters. The average molecular weight is 411 g/mol. The van der Waals surface area contributed by atoms with Crippen molar-refractivity contribution >= 4 is 17.6 Å². The Morgan fingerprint density at radius 2 is 1.90 bits per heavy atom. The van der Waals surface area contributed by atoms with E-state index in [2.05, 4.69) is 34.0 Å². The molecule has 0 spiro atoms. The molecule has 8 heteroatoms. The predicted molar refractivity (Wildman–Crippen MR) is 109 cm³/mol. The minimum Gasteiger partial charge on any atom is -0.465 e. The number of esters is 1. The molecule has 156 valence electrons. The highest BCUT2D eigenvalue weighted by Crippen LogP contribution is 2.21. The Morgan fingerprint density at radius 3 is 2.57 bits per heavy atom. The molecule has 1 aromatic heterocycles. The third kappa shape index (κ3) is 5.08. The third-order valence-corrected chi connectivity index (χ3v) is 4.53. The first-order chi connectivity index (χ1) is 14.4. The molecule has 0 bridgehead atoms. The summed E-state index contributed by atoms with van der Waals surface area (Å²) in [5, 5.41) is 6.39. The van der Waals surface area contributed by atoms with E-state index in [9.17, 15) is 14.0 Å². The highest BCUT2D eigenvalue weighted by atomic mass is 19.1. The molecule has 7 nitrogen and oxygen atoms in total. The molecule has 0 aliphatic heterocycles. The maximum Gasteiger partial charge on any atom is 0.337 e. The van der Waals surface area contributed by atoms with Gasteiger partial charge >= 0.3 is 5.97 Å². The van der Waals surface area contributed by atoms with Gasteiger partial charge in [-0.15, -0.1) is 0 Å². The molecule has 3 rings (SSSR count). The minimum absolute atomic E-state index is 0.00973. The summed E-state index contributed by atoms with van der Waals surface area (Å²) in [6.07, 6.45) is 0.205. The average Bonchev–Trinajstić information content (AvgIpc) is 3.22. The van der Waals surface area contributed by atoms with Crippen LogP contribution in [0.4, 0.5) is 10.1 Å². The van der Waals surface area contributed by atoms with Gasteiger partial charge in [-0.1, -0.05) is 43.3 Å². The van der Waals surface area contributed by atoms with Crippen molar-refractivity contribution in [2.75, 3.05) is 12.4 Å². The van der Waals surface area contributed by atoms with Gasteiger partial charge in [-0.25, -0.2) is 9.18 Å². The summed E-state index contributed by atoms with van der Waals surface area (Å²) in [6, 6.07) is 11.5. The lowest BCUT2D eigenvalue weighted by molar-refractivity contribution is -0.116. The lowest BCUT2D eigenvalue weighted by Crippen LogP contribution is -2.14. The van der Waals surface area contributed by atoms with Crippen LogP contribution < -0.4 is 5.32 Å². The molecule has 2 aromatic carbocycles. The number of hydrogen-bond donors (Lipinski definition) is 1. The van der Waals surface area contributed by atoms with E-state index < -0.39 is 17.7 Å². The fraction of sp³-hybridized carbons (Fsp3) is 0.273. The Balaban J connectivity index is 1.60. The molecule has 1 heterocycles. The van der Waals surface area contributed by atoms with Crippen LogP contribution in [-0.2, 0) is 16.0 Å². The topological polar surface area (TPSA) is 94.3 Å². The second-order valence-corrected chi connectivity index (χ2v) is 7.02. The lowest BCUT2D eigenvalue weighted by Gasteiger charge is -2.07. The van der Waals surface area contributed by atoms with Crippen LogP contribution in [0.2, 0.25) is 0 Å². The summed E-state index contributed by atoms with van der Waals surface area (Å²) in [6.45, 7) is 4.23. The number of anilines is 1. The number of ether oxygens (including phenoxy) is 1. The fourth-order valence-corrected chi connectivity index (χ4v) is 2.79. The maximum absolute atomic E-state index is 13.9. The van der Waals surface area contributed by atoms with Crippen LogP contribution in [0.3, 0.4) is 0 Å². The molecule has 3 aromatic rings. The Hall–Kier alpha value is -3.55. The Morgan fingerprint density at radius 1 is 1.17 bits per heavy atom. The summed E-state index contributed by atoms with van der Waals surface area (Å²) in [4.78, 5) is 28.0. The largest absolute Gasteiger partial charge is 0.465 e. The lowest BCUT2D eigenvalue weighted by atomic mass is 10.0. The summed E-state index contributed by atoms with van der Waals surface area (Å²) >= 11 is 0. The van der Waals surface area contributed by atoms with Crippen LogP contribution in [-0.4, -0.2) is 29.1 Å². The van der Waals surface area contributed by atoms with Crippen molar-refractivity contribution in [3.63, 3.8) is 0 Å². The number of carbonyl (C=O) groups is 2. The van der Waals surface area contributed by atoms with E-state index in [-0.39, 0.29) is 24.1 Å². The van der Waals surface area contributed by atoms with Gasteiger partial charge in [0.25, 0.3) is 0 Å². The van der Waals surface area contributed by atoms with Crippen molar-refractivity contribution < 1.29 is 23.2 Å². The van der Waals surface area contributed by atoms with Crippen LogP contribution in [0.15, 0.2) is 47.0 Å². The van der Waals surface area contributed by atoms with Crippen LogP contribution in [0, 0.1) is 5.82 Å². The molecule has 0 aliphatic carbocycles. The summed E-state index contributed by atoms with van der Waals surface area (Å²) in [7, 11) is 1.22. The number of hydrogen-bond acceptors (Lipinski definition) is 6. The van der Waals surface area contributed by atoms with E-state index >= 15 is 0 Å². The summed E-state index contributed by atoms with van der Waals surface area (Å²) < 4.78 is 23.7. The van der Waals surface area contributed by atoms with Gasteiger partial charge in [-0.2, -0.15) is 4.98 Å².